The van der Waals surface area contributed by atoms with E-state index in [9.17, 15) is 28.8 Å². The third-order valence-corrected chi connectivity index (χ3v) is 28.3. The highest BCUT2D eigenvalue weighted by atomic mass is 32.1. The number of hydrogen-bond donors (Lipinski definition) is 4. The van der Waals surface area contributed by atoms with Crippen molar-refractivity contribution < 1.29 is 61.5 Å². The summed E-state index contributed by atoms with van der Waals surface area (Å²) in [6.45, 7) is 26.1. The van der Waals surface area contributed by atoms with E-state index in [-0.39, 0.29) is 65.2 Å². The number of ether oxygens (including phenoxy) is 5. The lowest BCUT2D eigenvalue weighted by Crippen LogP contribution is -2.62. The molecule has 4 saturated heterocycles. The van der Waals surface area contributed by atoms with Crippen LogP contribution in [0.2, 0.25) is 0 Å². The fourth-order valence-corrected chi connectivity index (χ4v) is 19.8. The first kappa shape index (κ1) is 97.9. The van der Waals surface area contributed by atoms with E-state index in [1.807, 2.05) is 131 Å². The Bertz CT molecular complexity index is 6400. The third kappa shape index (κ3) is 23.7. The Labute approximate surface area is 820 Å². The molecule has 16 heterocycles. The van der Waals surface area contributed by atoms with E-state index in [0.29, 0.717) is 93.3 Å². The van der Waals surface area contributed by atoms with Gasteiger partial charge in [0.1, 0.15) is 39.8 Å². The van der Waals surface area contributed by atoms with Gasteiger partial charge in [-0.2, -0.15) is 5.10 Å². The maximum atomic E-state index is 13.4. The topological polar surface area (TPSA) is 334 Å². The highest BCUT2D eigenvalue weighted by molar-refractivity contribution is 7.09. The van der Waals surface area contributed by atoms with Crippen LogP contribution in [0.1, 0.15) is 211 Å². The van der Waals surface area contributed by atoms with Crippen LogP contribution in [0.4, 0.5) is 0 Å². The van der Waals surface area contributed by atoms with Crippen molar-refractivity contribution in [2.24, 2.45) is 7.05 Å². The maximum Gasteiger partial charge on any atom is 0.260 e. The minimum absolute atomic E-state index is 0.0394. The van der Waals surface area contributed by atoms with E-state index < -0.39 is 5.72 Å². The van der Waals surface area contributed by atoms with Crippen LogP contribution in [-0.2, 0) is 38.0 Å². The lowest BCUT2D eigenvalue weighted by atomic mass is 9.82. The molecule has 20 rings (SSSR count). The lowest BCUT2D eigenvalue weighted by molar-refractivity contribution is -0.104. The third-order valence-electron chi connectivity index (χ3n) is 27.4. The van der Waals surface area contributed by atoms with Crippen LogP contribution in [0.5, 0.6) is 23.0 Å². The Morgan fingerprint density at radius 1 is 0.479 bits per heavy atom. The smallest absolute Gasteiger partial charge is 0.260 e. The zero-order chi connectivity index (χ0) is 97.5. The number of thiophene rings is 1. The standard InChI is InChI=1S/C28H31N3O3S.C27H32N6O3.C27H30N4O4.C27H30N4O3/c1-33-16-3-13-31-14-11-28(12-15-31)10-9-22-18-21(6-8-26(22)34-28)25-7-5-23(19-29-25)27(32)30-20-24-4-2-17-35-24;1-18(2)33-11-9-27(10-12-33)32(4)26(35)22-13-20(6-8-24(22)36-27)23-7-5-21(16-28-23)25(34)29-14-19-15-30-31(3)17-19;1-3-10-31-11-8-27(9-12-31)15-24(32)22-14-19(5-7-25(22)34-27)23-6-4-20(16-28-23)26(33)29-17-21-13-18(2)30-35-21;1-3-12-31-13-10-27(11-14-31)9-8-21-16-20(5-7-25(21)33-27)24-6-4-22(17-28-24)26(32)29-18-23-15-19(2)30-34-23/h2,4-10,17-19H,3,11-16,20H2,1H3,(H,30,32);5-8,13,15-18H,9-12,14H2,1-4H3,(H,29,34);4-7,13-14,16H,3,8-12,15,17H2,1-2H3,(H,29,33);4-9,15-17H,3,10-14,18H2,1-2H3,(H,29,32). The molecule has 140 heavy (non-hydrogen) atoms. The maximum absolute atomic E-state index is 13.4. The number of piperidine rings is 4. The first-order valence-corrected chi connectivity index (χ1v) is 49.5. The van der Waals surface area contributed by atoms with Crippen LogP contribution in [-0.4, -0.2) is 221 Å². The molecule has 8 aromatic heterocycles. The molecular formula is C109H123N17O13S. The van der Waals surface area contributed by atoms with Gasteiger partial charge >= 0.3 is 0 Å². The van der Waals surface area contributed by atoms with E-state index in [1.54, 1.807) is 95.3 Å². The van der Waals surface area contributed by atoms with E-state index in [2.05, 4.69) is 140 Å². The molecule has 0 unspecified atom stereocenters. The van der Waals surface area contributed by atoms with Crippen molar-refractivity contribution in [1.29, 1.82) is 0 Å². The fraction of sp³-hybridized carbons (Fsp3) is 0.385. The predicted octanol–water partition coefficient (Wildman–Crippen LogP) is 16.9. The normalized spacial score (nSPS) is 16.9. The summed E-state index contributed by atoms with van der Waals surface area (Å²) in [6, 6.07) is 46.1. The van der Waals surface area contributed by atoms with Gasteiger partial charge in [0, 0.05) is 238 Å². The number of amides is 5. The van der Waals surface area contributed by atoms with Crippen molar-refractivity contribution in [1.82, 2.24) is 85.8 Å². The second kappa shape index (κ2) is 44.2. The molecule has 30 nitrogen and oxygen atoms in total. The number of carbonyl (C=O) groups excluding carboxylic acids is 6. The number of Topliss-reactive ketones (excluding diaryl/α,β-unsaturated/α-hetero) is 1. The molecule has 31 heteroatoms. The number of benzene rings is 4. The van der Waals surface area contributed by atoms with Crippen molar-refractivity contribution >= 4 is 58.8 Å². The van der Waals surface area contributed by atoms with Gasteiger partial charge in [-0.3, -0.25) is 53.4 Å². The van der Waals surface area contributed by atoms with Crippen molar-refractivity contribution in [2.45, 2.75) is 173 Å². The second-order valence-electron chi connectivity index (χ2n) is 37.7. The zero-order valence-electron chi connectivity index (χ0n) is 81.1. The average molecular weight is 1910 g/mol. The number of aryl methyl sites for hydroxylation is 3. The number of carbonyl (C=O) groups is 6. The van der Waals surface area contributed by atoms with E-state index in [4.69, 9.17) is 32.7 Å². The van der Waals surface area contributed by atoms with Crippen LogP contribution >= 0.6 is 11.3 Å². The molecule has 0 aliphatic carbocycles. The molecule has 728 valence electrons. The fourth-order valence-electron chi connectivity index (χ4n) is 19.2. The van der Waals surface area contributed by atoms with E-state index in [1.165, 1.54) is 12.6 Å². The molecule has 0 saturated carbocycles. The molecule has 8 aliphatic rings. The molecule has 0 radical (unpaired) electrons. The quantitative estimate of drug-likeness (QED) is 0.0386. The minimum Gasteiger partial charge on any atom is -0.486 e. The number of fused-ring (bicyclic) bond motifs is 4. The van der Waals surface area contributed by atoms with Gasteiger partial charge in [-0.25, -0.2) is 0 Å². The first-order valence-electron chi connectivity index (χ1n) is 48.6. The summed E-state index contributed by atoms with van der Waals surface area (Å²) in [5, 5.41) is 25.2. The number of nitrogens with zero attached hydrogens (tertiary/aromatic N) is 13. The van der Waals surface area contributed by atoms with Crippen LogP contribution in [0.25, 0.3) is 57.2 Å². The summed E-state index contributed by atoms with van der Waals surface area (Å²) in [7, 11) is 5.42. The van der Waals surface area contributed by atoms with Gasteiger partial charge < -0.3 is 78.5 Å². The van der Waals surface area contributed by atoms with Gasteiger partial charge in [0.2, 0.25) is 0 Å². The Morgan fingerprint density at radius 3 is 1.34 bits per heavy atom. The number of likely N-dealkylation sites (tertiary alicyclic amines) is 4. The number of rotatable bonds is 25. The highest BCUT2D eigenvalue weighted by Crippen LogP contribution is 2.45. The van der Waals surface area contributed by atoms with Crippen LogP contribution in [0.3, 0.4) is 0 Å². The Hall–Kier alpha value is -13.7. The van der Waals surface area contributed by atoms with Gasteiger partial charge in [0.25, 0.3) is 29.5 Å². The summed E-state index contributed by atoms with van der Waals surface area (Å²) in [6.07, 6.45) is 29.9. The highest BCUT2D eigenvalue weighted by Gasteiger charge is 2.48. The summed E-state index contributed by atoms with van der Waals surface area (Å²) >= 11 is 1.63. The van der Waals surface area contributed by atoms with Crippen molar-refractivity contribution in [3.8, 4) is 68.0 Å². The van der Waals surface area contributed by atoms with Gasteiger partial charge in [-0.05, 0) is 205 Å². The molecule has 8 aliphatic heterocycles. The zero-order valence-corrected chi connectivity index (χ0v) is 81.9. The van der Waals surface area contributed by atoms with Crippen LogP contribution in [0, 0.1) is 13.8 Å². The monoisotopic (exact) mass is 1910 g/mol. The number of hydrogen-bond acceptors (Lipinski definition) is 25. The minimum atomic E-state index is -0.597. The molecular weight excluding hydrogens is 1790 g/mol. The van der Waals surface area contributed by atoms with Crippen LogP contribution in [0.15, 0.2) is 209 Å². The predicted molar refractivity (Wildman–Crippen MR) is 536 cm³/mol. The van der Waals surface area contributed by atoms with Crippen molar-refractivity contribution in [2.75, 3.05) is 92.8 Å². The van der Waals surface area contributed by atoms with E-state index >= 15 is 0 Å². The van der Waals surface area contributed by atoms with Crippen LogP contribution < -0.4 is 40.2 Å². The number of pyridine rings is 4. The first-order chi connectivity index (χ1) is 67.9. The molecule has 4 N–H and O–H groups in total. The number of aromatic nitrogens is 8. The SMILES string of the molecule is CC(C)N1CCC2(CC1)Oc1ccc(-c3ccc(C(=O)NCc4cnn(C)c4)cn3)cc1C(=O)N2C.CCCN1CCC2(C=Cc3cc(-c4ccc(C(=O)NCc5cc(C)no5)cn4)ccc3O2)CC1.CCCN1CCC2(CC1)CC(=O)c1cc(-c3ccc(C(=O)NCc4cc(C)no4)cn3)ccc1O2.COCCCN1CCC2(C=Cc3cc(-c4ccc(C(=O)NCc5cccs5)cn4)ccc3O2)CC1. The van der Waals surface area contributed by atoms with Crippen molar-refractivity contribution in [3.05, 3.63) is 278 Å². The Balaban J connectivity index is 0.000000129. The molecule has 12 aromatic rings. The Morgan fingerprint density at radius 2 is 0.921 bits per heavy atom. The summed E-state index contributed by atoms with van der Waals surface area (Å²) in [5.41, 5.74) is 13.0. The second-order valence-corrected chi connectivity index (χ2v) is 38.7. The lowest BCUT2D eigenvalue weighted by Gasteiger charge is -2.50. The largest absolute Gasteiger partial charge is 0.486 e. The molecule has 4 fully saturated rings. The summed E-state index contributed by atoms with van der Waals surface area (Å²) < 4.78 is 43.0. The molecule has 0 bridgehead atoms. The number of methoxy groups -OCH3 is 1. The Kier molecular flexibility index (Phi) is 30.9. The average Bonchev–Trinajstić information content (AvgIpc) is 0.801. The number of ketones is 1. The molecule has 5 amide bonds. The molecule has 4 aromatic carbocycles. The number of nitrogens with one attached hydrogen (secondary N) is 4. The van der Waals surface area contributed by atoms with Gasteiger partial charge in [0.15, 0.2) is 23.0 Å². The summed E-state index contributed by atoms with van der Waals surface area (Å²) in [5.74, 6) is 3.64. The van der Waals surface area contributed by atoms with Gasteiger partial charge in [-0.1, -0.05) is 42.4 Å². The van der Waals surface area contributed by atoms with Gasteiger partial charge in [0.05, 0.1) is 99.8 Å². The van der Waals surface area contributed by atoms with Crippen molar-refractivity contribution in [3.63, 3.8) is 0 Å². The van der Waals surface area contributed by atoms with Gasteiger partial charge in [-0.15, -0.1) is 11.3 Å². The molecule has 4 spiro atoms. The summed E-state index contributed by atoms with van der Waals surface area (Å²) in [4.78, 5) is 107. The van der Waals surface area contributed by atoms with E-state index in [0.717, 1.165) is 221 Å². The molecule has 0 atom stereocenters.